The molecule has 1 aliphatic rings. The average Bonchev–Trinajstić information content (AvgIpc) is 2.72. The maximum atomic E-state index is 11.8. The van der Waals surface area contributed by atoms with Gasteiger partial charge in [0.15, 0.2) is 6.10 Å². The van der Waals surface area contributed by atoms with Crippen molar-refractivity contribution in [3.63, 3.8) is 0 Å². The van der Waals surface area contributed by atoms with Crippen LogP contribution < -0.4 is 0 Å². The smallest absolute Gasteiger partial charge is 0.311 e. The third-order valence-corrected chi connectivity index (χ3v) is 5.74. The van der Waals surface area contributed by atoms with Crippen LogP contribution in [0.15, 0.2) is 30.3 Å². The van der Waals surface area contributed by atoms with E-state index in [2.05, 4.69) is 44.2 Å². The van der Waals surface area contributed by atoms with Crippen LogP contribution in [0.4, 0.5) is 0 Å². The largest absolute Gasteiger partial charge is 0.456 e. The molecule has 1 aromatic carbocycles. The summed E-state index contributed by atoms with van der Waals surface area (Å²) in [5.74, 6) is 0.165. The van der Waals surface area contributed by atoms with Gasteiger partial charge in [-0.2, -0.15) is 0 Å². The van der Waals surface area contributed by atoms with Gasteiger partial charge in [-0.3, -0.25) is 9.59 Å². The van der Waals surface area contributed by atoms with Gasteiger partial charge in [0, 0.05) is 12.8 Å². The van der Waals surface area contributed by atoms with Gasteiger partial charge in [-0.15, -0.1) is 0 Å². The first-order chi connectivity index (χ1) is 13.7. The third kappa shape index (κ3) is 8.17. The maximum Gasteiger partial charge on any atom is 0.311 e. The number of carbonyl (C=O) groups excluding carboxylic acids is 2. The van der Waals surface area contributed by atoms with E-state index in [1.54, 1.807) is 6.92 Å². The molecule has 29 heavy (non-hydrogen) atoms. The van der Waals surface area contributed by atoms with Crippen molar-refractivity contribution in [2.24, 2.45) is 17.8 Å². The van der Waals surface area contributed by atoms with Crippen molar-refractivity contribution < 1.29 is 23.8 Å². The zero-order valence-corrected chi connectivity index (χ0v) is 19.0. The second-order valence-corrected chi connectivity index (χ2v) is 8.08. The Bertz CT molecular complexity index is 615. The van der Waals surface area contributed by atoms with Crippen LogP contribution in [0, 0.1) is 17.8 Å². The number of carbonyl (C=O) groups is 2. The van der Waals surface area contributed by atoms with Gasteiger partial charge in [-0.25, -0.2) is 0 Å². The van der Waals surface area contributed by atoms with Gasteiger partial charge in [0.05, 0.1) is 12.5 Å². The molecule has 5 nitrogen and oxygen atoms in total. The molecule has 0 spiro atoms. The topological polar surface area (TPSA) is 61.8 Å². The molecule has 2 rings (SSSR count). The molecule has 1 fully saturated rings. The van der Waals surface area contributed by atoms with E-state index in [9.17, 15) is 9.59 Å². The Morgan fingerprint density at radius 2 is 1.69 bits per heavy atom. The van der Waals surface area contributed by atoms with E-state index in [4.69, 9.17) is 14.2 Å². The van der Waals surface area contributed by atoms with Crippen molar-refractivity contribution in [2.45, 2.75) is 79.6 Å². The molecule has 6 unspecified atom stereocenters. The van der Waals surface area contributed by atoms with E-state index < -0.39 is 12.4 Å². The van der Waals surface area contributed by atoms with Gasteiger partial charge in [0.2, 0.25) is 6.29 Å². The first kappa shape index (κ1) is 25.2. The van der Waals surface area contributed by atoms with Gasteiger partial charge < -0.3 is 14.2 Å². The van der Waals surface area contributed by atoms with E-state index in [-0.39, 0.29) is 29.7 Å². The lowest BCUT2D eigenvalue weighted by molar-refractivity contribution is -0.247. The van der Waals surface area contributed by atoms with Crippen molar-refractivity contribution in [3.8, 4) is 0 Å². The minimum Gasteiger partial charge on any atom is -0.456 e. The predicted molar refractivity (Wildman–Crippen MR) is 114 cm³/mol. The quantitative estimate of drug-likeness (QED) is 0.597. The molecule has 1 aliphatic heterocycles. The van der Waals surface area contributed by atoms with Crippen molar-refractivity contribution in [1.82, 2.24) is 0 Å². The highest BCUT2D eigenvalue weighted by Gasteiger charge is 2.41. The molecule has 0 bridgehead atoms. The van der Waals surface area contributed by atoms with E-state index in [1.165, 1.54) is 18.9 Å². The number of hydrogen-bond acceptors (Lipinski definition) is 5. The Kier molecular flexibility index (Phi) is 11.0. The van der Waals surface area contributed by atoms with E-state index >= 15 is 0 Å². The summed E-state index contributed by atoms with van der Waals surface area (Å²) in [6, 6.07) is 10.6. The Balaban J connectivity index is 0.000000352. The second-order valence-electron chi connectivity index (χ2n) is 8.08. The number of ether oxygens (including phenoxy) is 3. The predicted octanol–water partition coefficient (Wildman–Crippen LogP) is 5.34. The fourth-order valence-corrected chi connectivity index (χ4v) is 2.94. The second kappa shape index (κ2) is 12.6. The molecular weight excluding hydrogens is 368 g/mol. The molecule has 0 radical (unpaired) electrons. The highest BCUT2D eigenvalue weighted by molar-refractivity contribution is 5.72. The molecule has 0 saturated carbocycles. The van der Waals surface area contributed by atoms with Crippen LogP contribution in [0.2, 0.25) is 0 Å². The van der Waals surface area contributed by atoms with Gasteiger partial charge in [0.25, 0.3) is 0 Å². The number of benzene rings is 1. The highest BCUT2D eigenvalue weighted by Crippen LogP contribution is 2.29. The maximum absolute atomic E-state index is 11.8. The van der Waals surface area contributed by atoms with Crippen LogP contribution in [0.1, 0.15) is 72.8 Å². The first-order valence-corrected chi connectivity index (χ1v) is 10.7. The summed E-state index contributed by atoms with van der Waals surface area (Å²) in [5.41, 5.74) is 1.45. The molecule has 1 saturated heterocycles. The van der Waals surface area contributed by atoms with E-state index in [0.717, 1.165) is 0 Å². The fraction of sp³-hybridized carbons (Fsp3) is 0.667. The standard InChI is InChI=1S/C14H24O5.C10H14/c1-6-8(2)13(16)19-14-12(18-11(5)15)10(4)9(3)7-17-14;1-3-9(2)10-7-5-4-6-8-10/h8-10,12,14H,6-7H2,1-5H3;4-9H,3H2,1-2H3. The molecule has 164 valence electrons. The number of rotatable bonds is 6. The van der Waals surface area contributed by atoms with E-state index in [1.807, 2.05) is 20.8 Å². The van der Waals surface area contributed by atoms with Crippen LogP contribution in [-0.4, -0.2) is 30.9 Å². The summed E-state index contributed by atoms with van der Waals surface area (Å²) in [6.07, 6.45) is 0.602. The molecule has 0 aromatic heterocycles. The third-order valence-electron chi connectivity index (χ3n) is 5.74. The molecule has 0 amide bonds. The molecular formula is C24H38O5. The average molecular weight is 407 g/mol. The molecule has 1 heterocycles. The summed E-state index contributed by atoms with van der Waals surface area (Å²) in [5, 5.41) is 0. The minimum atomic E-state index is -0.795. The van der Waals surface area contributed by atoms with Crippen molar-refractivity contribution >= 4 is 11.9 Å². The zero-order chi connectivity index (χ0) is 22.0. The number of hydrogen-bond donors (Lipinski definition) is 0. The van der Waals surface area contributed by atoms with Gasteiger partial charge in [0.1, 0.15) is 0 Å². The molecule has 6 atom stereocenters. The van der Waals surface area contributed by atoms with Crippen LogP contribution in [-0.2, 0) is 23.8 Å². The normalized spacial score (nSPS) is 25.8. The van der Waals surface area contributed by atoms with Crippen molar-refractivity contribution in [3.05, 3.63) is 35.9 Å². The monoisotopic (exact) mass is 406 g/mol. The molecule has 0 aliphatic carbocycles. The Morgan fingerprint density at radius 3 is 2.21 bits per heavy atom. The molecule has 1 aromatic rings. The first-order valence-electron chi connectivity index (χ1n) is 10.7. The summed E-state index contributed by atoms with van der Waals surface area (Å²) in [4.78, 5) is 23.0. The lowest BCUT2D eigenvalue weighted by Crippen LogP contribution is -2.49. The summed E-state index contributed by atoms with van der Waals surface area (Å²) < 4.78 is 16.1. The summed E-state index contributed by atoms with van der Waals surface area (Å²) >= 11 is 0. The SMILES string of the molecule is CCC(C)C(=O)OC1OCC(C)C(C)C1OC(C)=O.CCC(C)c1ccccc1. The lowest BCUT2D eigenvalue weighted by Gasteiger charge is -2.38. The Labute approximate surface area is 176 Å². The van der Waals surface area contributed by atoms with Crippen LogP contribution in [0.25, 0.3) is 0 Å². The van der Waals surface area contributed by atoms with Crippen LogP contribution in [0.5, 0.6) is 0 Å². The number of esters is 2. The van der Waals surface area contributed by atoms with Gasteiger partial charge >= 0.3 is 11.9 Å². The highest BCUT2D eigenvalue weighted by atomic mass is 16.7. The fourth-order valence-electron chi connectivity index (χ4n) is 2.94. The minimum absolute atomic E-state index is 0.0902. The summed E-state index contributed by atoms with van der Waals surface area (Å²) in [6.45, 7) is 14.0. The Hall–Kier alpha value is -1.88. The van der Waals surface area contributed by atoms with Crippen LogP contribution >= 0.6 is 0 Å². The molecule has 0 N–H and O–H groups in total. The molecule has 5 heteroatoms. The van der Waals surface area contributed by atoms with Crippen LogP contribution in [0.3, 0.4) is 0 Å². The van der Waals surface area contributed by atoms with Crippen molar-refractivity contribution in [2.75, 3.05) is 6.61 Å². The van der Waals surface area contributed by atoms with Gasteiger partial charge in [-0.1, -0.05) is 71.9 Å². The Morgan fingerprint density at radius 1 is 1.07 bits per heavy atom. The van der Waals surface area contributed by atoms with Crippen molar-refractivity contribution in [1.29, 1.82) is 0 Å². The lowest BCUT2D eigenvalue weighted by atomic mass is 9.88. The summed E-state index contributed by atoms with van der Waals surface area (Å²) in [7, 11) is 0. The zero-order valence-electron chi connectivity index (χ0n) is 19.0. The van der Waals surface area contributed by atoms with E-state index in [0.29, 0.717) is 18.9 Å². The van der Waals surface area contributed by atoms with Gasteiger partial charge in [-0.05, 0) is 30.2 Å².